The second-order valence-corrected chi connectivity index (χ2v) is 9.93. The fraction of sp³-hybridized carbons (Fsp3) is 0.179. The van der Waals surface area contributed by atoms with Crippen LogP contribution in [0.5, 0.6) is 11.5 Å². The first kappa shape index (κ1) is 25.3. The lowest BCUT2D eigenvalue weighted by Crippen LogP contribution is -2.39. The minimum absolute atomic E-state index is 0.0881. The van der Waals surface area contributed by atoms with Crippen LogP contribution in [-0.2, 0) is 9.53 Å². The maximum atomic E-state index is 13.8. The Morgan fingerprint density at radius 2 is 2.02 bits per heavy atom. The zero-order valence-corrected chi connectivity index (χ0v) is 22.1. The van der Waals surface area contributed by atoms with Gasteiger partial charge in [-0.05, 0) is 49.8 Å². The van der Waals surface area contributed by atoms with Gasteiger partial charge in [0.15, 0.2) is 16.3 Å². The number of carbonyl (C=O) groups is 1. The van der Waals surface area contributed by atoms with Crippen LogP contribution in [0, 0.1) is 10.1 Å². The lowest BCUT2D eigenvalue weighted by atomic mass is 10.0. The van der Waals surface area contributed by atoms with Gasteiger partial charge in [-0.15, -0.1) is 0 Å². The number of carbonyl (C=O) groups excluding carboxylic acids is 1. The van der Waals surface area contributed by atoms with Gasteiger partial charge in [-0.1, -0.05) is 29.5 Å². The summed E-state index contributed by atoms with van der Waals surface area (Å²) < 4.78 is 24.1. The Bertz CT molecular complexity index is 1900. The van der Waals surface area contributed by atoms with Crippen molar-refractivity contribution in [1.29, 1.82) is 0 Å². The second kappa shape index (κ2) is 9.97. The molecule has 11 nitrogen and oxygen atoms in total. The zero-order valence-electron chi connectivity index (χ0n) is 21.3. The molecule has 40 heavy (non-hydrogen) atoms. The molecule has 6 rings (SSSR count). The van der Waals surface area contributed by atoms with Crippen molar-refractivity contribution in [3.8, 4) is 22.8 Å². The van der Waals surface area contributed by atoms with Crippen LogP contribution in [0.1, 0.15) is 31.2 Å². The molecule has 1 atom stereocenters. The molecule has 0 saturated heterocycles. The van der Waals surface area contributed by atoms with E-state index in [0.717, 1.165) is 5.56 Å². The Hall–Kier alpha value is -4.97. The molecule has 0 N–H and O–H groups in total. The maximum Gasteiger partial charge on any atom is 0.338 e. The summed E-state index contributed by atoms with van der Waals surface area (Å²) in [4.78, 5) is 42.6. The smallest absolute Gasteiger partial charge is 0.338 e. The van der Waals surface area contributed by atoms with Gasteiger partial charge in [0.1, 0.15) is 17.6 Å². The first-order valence-corrected chi connectivity index (χ1v) is 13.1. The van der Waals surface area contributed by atoms with Crippen LogP contribution >= 0.6 is 11.3 Å². The quantitative estimate of drug-likeness (QED) is 0.198. The number of thiazole rings is 1. The molecule has 202 valence electrons. The van der Waals surface area contributed by atoms with Gasteiger partial charge >= 0.3 is 5.97 Å². The van der Waals surface area contributed by atoms with Crippen molar-refractivity contribution in [2.45, 2.75) is 19.9 Å². The molecule has 0 bridgehead atoms. The Morgan fingerprint density at radius 1 is 1.20 bits per heavy atom. The monoisotopic (exact) mass is 559 g/mol. The molecule has 2 aromatic carbocycles. The van der Waals surface area contributed by atoms with Crippen molar-refractivity contribution < 1.29 is 28.3 Å². The van der Waals surface area contributed by atoms with Crippen molar-refractivity contribution >= 4 is 29.1 Å². The highest BCUT2D eigenvalue weighted by molar-refractivity contribution is 7.07. The average Bonchev–Trinajstić information content (AvgIpc) is 3.68. The molecule has 0 aliphatic carbocycles. The normalized spacial score (nSPS) is 16.1. The van der Waals surface area contributed by atoms with Gasteiger partial charge in [0.05, 0.1) is 27.3 Å². The molecule has 2 aliphatic rings. The van der Waals surface area contributed by atoms with E-state index in [4.69, 9.17) is 18.6 Å². The fourth-order valence-electron chi connectivity index (χ4n) is 4.64. The number of hydrogen-bond donors (Lipinski definition) is 0. The van der Waals surface area contributed by atoms with Gasteiger partial charge in [-0.2, -0.15) is 0 Å². The van der Waals surface area contributed by atoms with E-state index in [1.54, 1.807) is 56.3 Å². The summed E-state index contributed by atoms with van der Waals surface area (Å²) in [6.07, 6.45) is 1.73. The molecule has 2 aliphatic heterocycles. The average molecular weight is 560 g/mol. The second-order valence-electron chi connectivity index (χ2n) is 8.92. The lowest BCUT2D eigenvalue weighted by molar-refractivity contribution is -0.384. The molecule has 4 heterocycles. The summed E-state index contributed by atoms with van der Waals surface area (Å²) in [5, 5.41) is 11.3. The van der Waals surface area contributed by atoms with Gasteiger partial charge in [0.25, 0.3) is 11.2 Å². The van der Waals surface area contributed by atoms with Gasteiger partial charge in [-0.3, -0.25) is 19.5 Å². The summed E-state index contributed by atoms with van der Waals surface area (Å²) in [6.45, 7) is 3.64. The van der Waals surface area contributed by atoms with Crippen LogP contribution in [-0.4, -0.2) is 28.9 Å². The van der Waals surface area contributed by atoms with Gasteiger partial charge < -0.3 is 18.6 Å². The lowest BCUT2D eigenvalue weighted by Gasteiger charge is -2.22. The molecule has 0 amide bonds. The van der Waals surface area contributed by atoms with E-state index in [2.05, 4.69) is 4.99 Å². The molecular weight excluding hydrogens is 538 g/mol. The van der Waals surface area contributed by atoms with Crippen LogP contribution in [0.2, 0.25) is 0 Å². The molecule has 2 aromatic heterocycles. The van der Waals surface area contributed by atoms with Gasteiger partial charge in [0, 0.05) is 17.7 Å². The number of nitro benzene ring substituents is 1. The highest BCUT2D eigenvalue weighted by Gasteiger charge is 2.35. The van der Waals surface area contributed by atoms with E-state index < -0.39 is 16.9 Å². The van der Waals surface area contributed by atoms with Crippen molar-refractivity contribution in [3.05, 3.63) is 107 Å². The maximum absolute atomic E-state index is 13.8. The summed E-state index contributed by atoms with van der Waals surface area (Å²) in [5.41, 5.74) is 1.33. The first-order valence-electron chi connectivity index (χ1n) is 12.3. The number of nitrogens with zero attached hydrogens (tertiary/aromatic N) is 3. The number of non-ortho nitro benzene ring substituents is 1. The minimum Gasteiger partial charge on any atom is -0.463 e. The van der Waals surface area contributed by atoms with Crippen LogP contribution < -0.4 is 24.4 Å². The Morgan fingerprint density at radius 3 is 2.83 bits per heavy atom. The number of allylic oxidation sites excluding steroid dienone is 1. The number of ether oxygens (including phenoxy) is 3. The highest BCUT2D eigenvalue weighted by atomic mass is 32.1. The van der Waals surface area contributed by atoms with Crippen LogP contribution in [0.3, 0.4) is 0 Å². The molecule has 0 radical (unpaired) electrons. The van der Waals surface area contributed by atoms with E-state index in [1.807, 2.05) is 6.07 Å². The number of fused-ring (bicyclic) bond motifs is 2. The van der Waals surface area contributed by atoms with Crippen molar-refractivity contribution in [2.24, 2.45) is 4.99 Å². The number of hydrogen-bond acceptors (Lipinski definition) is 10. The Labute approximate surface area is 230 Å². The number of rotatable bonds is 6. The summed E-state index contributed by atoms with van der Waals surface area (Å²) in [7, 11) is 0. The summed E-state index contributed by atoms with van der Waals surface area (Å²) in [6, 6.07) is 13.7. The third-order valence-corrected chi connectivity index (χ3v) is 7.43. The molecular formula is C28H21N3O8S. The number of furan rings is 1. The molecule has 4 aromatic rings. The van der Waals surface area contributed by atoms with Gasteiger partial charge in [0.2, 0.25) is 6.79 Å². The summed E-state index contributed by atoms with van der Waals surface area (Å²) >= 11 is 1.18. The predicted octanol–water partition coefficient (Wildman–Crippen LogP) is 3.70. The van der Waals surface area contributed by atoms with E-state index in [-0.39, 0.29) is 36.0 Å². The predicted molar refractivity (Wildman–Crippen MR) is 144 cm³/mol. The largest absolute Gasteiger partial charge is 0.463 e. The first-order chi connectivity index (χ1) is 19.3. The molecule has 0 saturated carbocycles. The van der Waals surface area contributed by atoms with E-state index in [9.17, 15) is 19.7 Å². The molecule has 0 fully saturated rings. The van der Waals surface area contributed by atoms with Gasteiger partial charge in [-0.25, -0.2) is 9.79 Å². The minimum atomic E-state index is -0.957. The third-order valence-electron chi connectivity index (χ3n) is 6.45. The molecule has 12 heteroatoms. The van der Waals surface area contributed by atoms with E-state index in [1.165, 1.54) is 28.0 Å². The highest BCUT2D eigenvalue weighted by Crippen LogP contribution is 2.35. The van der Waals surface area contributed by atoms with Crippen LogP contribution in [0.15, 0.2) is 80.1 Å². The van der Waals surface area contributed by atoms with E-state index in [0.29, 0.717) is 37.9 Å². The third kappa shape index (κ3) is 4.37. The van der Waals surface area contributed by atoms with Crippen LogP contribution in [0.4, 0.5) is 5.69 Å². The Balaban J connectivity index is 1.49. The topological polar surface area (TPSA) is 135 Å². The fourth-order valence-corrected chi connectivity index (χ4v) is 5.69. The number of benzene rings is 2. The number of esters is 1. The number of nitro groups is 1. The standard InChI is InChI=1S/C28H21N3O8S/c1-3-36-27(33)24-15(2)29-28-30(26(32)23(40-28)12-16-7-8-20-22(11-16)38-14-37-20)25(24)21-10-9-19(39-21)17-5-4-6-18(13-17)31(34)35/h4-13,25H,3,14H2,1-2H3/b23-12-/t25-/m0/s1. The SMILES string of the molecule is CCOC(=O)C1=C(C)N=c2s/c(=C\c3ccc4c(c3)OCO4)c(=O)n2[C@H]1c1ccc(-c2cccc([N+](=O)[O-])c2)o1. The zero-order chi connectivity index (χ0) is 28.0. The van der Waals surface area contributed by atoms with Crippen molar-refractivity contribution in [1.82, 2.24) is 4.57 Å². The van der Waals surface area contributed by atoms with Crippen molar-refractivity contribution in [3.63, 3.8) is 0 Å². The van der Waals surface area contributed by atoms with E-state index >= 15 is 0 Å². The molecule has 0 unspecified atom stereocenters. The molecule has 0 spiro atoms. The van der Waals surface area contributed by atoms with Crippen LogP contribution in [0.25, 0.3) is 17.4 Å². The van der Waals surface area contributed by atoms with Crippen molar-refractivity contribution in [2.75, 3.05) is 13.4 Å². The summed E-state index contributed by atoms with van der Waals surface area (Å²) in [5.74, 6) is 1.23. The number of aromatic nitrogens is 1. The Kier molecular flexibility index (Phi) is 6.31.